The minimum Gasteiger partial charge on any atom is -0.206 e. The zero-order valence-corrected chi connectivity index (χ0v) is 18.6. The Hall–Kier alpha value is -1.84. The molecule has 0 aliphatic heterocycles. The summed E-state index contributed by atoms with van der Waals surface area (Å²) in [7, 11) is 0. The summed E-state index contributed by atoms with van der Waals surface area (Å²) in [6.45, 7) is 4.59. The molecule has 3 rings (SSSR count). The van der Waals surface area contributed by atoms with Crippen LogP contribution in [-0.2, 0) is 19.0 Å². The van der Waals surface area contributed by atoms with Crippen molar-refractivity contribution in [2.75, 3.05) is 0 Å². The fourth-order valence-corrected chi connectivity index (χ4v) is 4.79. The Morgan fingerprint density at radius 2 is 1.48 bits per heavy atom. The van der Waals surface area contributed by atoms with Gasteiger partial charge in [0.15, 0.2) is 0 Å². The second-order valence-electron chi connectivity index (χ2n) is 9.60. The third kappa shape index (κ3) is 7.08. The fourth-order valence-electron chi connectivity index (χ4n) is 4.79. The number of benzene rings is 2. The van der Waals surface area contributed by atoms with Gasteiger partial charge in [-0.3, -0.25) is 0 Å². The maximum absolute atomic E-state index is 13.7. The quantitative estimate of drug-likeness (QED) is 0.364. The summed E-state index contributed by atoms with van der Waals surface area (Å²) in [5, 5.41) is 0. The van der Waals surface area contributed by atoms with Gasteiger partial charge >= 0.3 is 6.18 Å². The van der Waals surface area contributed by atoms with Crippen LogP contribution in [0.15, 0.2) is 42.5 Å². The Morgan fingerprint density at radius 1 is 0.871 bits per heavy atom. The van der Waals surface area contributed by atoms with E-state index in [0.29, 0.717) is 24.3 Å². The third-order valence-corrected chi connectivity index (χ3v) is 6.73. The predicted molar refractivity (Wildman–Crippen MR) is 119 cm³/mol. The van der Waals surface area contributed by atoms with Gasteiger partial charge in [-0.05, 0) is 85.1 Å². The van der Waals surface area contributed by atoms with E-state index in [9.17, 15) is 17.6 Å². The van der Waals surface area contributed by atoms with Crippen molar-refractivity contribution < 1.29 is 17.6 Å². The summed E-state index contributed by atoms with van der Waals surface area (Å²) in [6.07, 6.45) is 5.79. The maximum atomic E-state index is 13.7. The van der Waals surface area contributed by atoms with Crippen molar-refractivity contribution in [2.45, 2.75) is 83.7 Å². The lowest BCUT2D eigenvalue weighted by Crippen LogP contribution is -2.13. The molecule has 0 heterocycles. The molecular weight excluding hydrogens is 400 g/mol. The van der Waals surface area contributed by atoms with E-state index < -0.39 is 17.6 Å². The lowest BCUT2D eigenvalue weighted by atomic mass is 9.77. The molecule has 0 atom stereocenters. The molecule has 2 aromatic carbocycles. The van der Waals surface area contributed by atoms with Crippen molar-refractivity contribution in [1.29, 1.82) is 0 Å². The van der Waals surface area contributed by atoms with Gasteiger partial charge in [-0.25, -0.2) is 4.39 Å². The first-order valence-corrected chi connectivity index (χ1v) is 11.7. The number of halogens is 4. The number of aryl methyl sites for hydroxylation is 2. The van der Waals surface area contributed by atoms with Crippen LogP contribution in [0.1, 0.15) is 87.0 Å². The smallest absolute Gasteiger partial charge is 0.206 e. The lowest BCUT2D eigenvalue weighted by molar-refractivity contribution is -0.140. The van der Waals surface area contributed by atoms with Crippen molar-refractivity contribution in [3.8, 4) is 0 Å². The Bertz CT molecular complexity index is 812. The van der Waals surface area contributed by atoms with Crippen molar-refractivity contribution in [2.24, 2.45) is 11.8 Å². The third-order valence-electron chi connectivity index (χ3n) is 6.73. The minimum atomic E-state index is -4.65. The summed E-state index contributed by atoms with van der Waals surface area (Å²) in [6, 6.07) is 11.9. The van der Waals surface area contributed by atoms with Crippen molar-refractivity contribution in [3.05, 3.63) is 70.5 Å². The first kappa shape index (κ1) is 23.8. The number of alkyl halides is 3. The van der Waals surface area contributed by atoms with E-state index >= 15 is 0 Å². The van der Waals surface area contributed by atoms with E-state index in [1.54, 1.807) is 0 Å². The Morgan fingerprint density at radius 3 is 2.06 bits per heavy atom. The van der Waals surface area contributed by atoms with Gasteiger partial charge in [0, 0.05) is 0 Å². The Labute approximate surface area is 184 Å². The standard InChI is InChI=1S/C27H34F4/c1-19(2)4-3-5-20-8-13-23(14-9-20)24-15-10-21(11-16-24)6-7-22-12-17-25(26(28)18-22)27(29,30)31/h10-12,15-20,23H,3-9,13-14H2,1-2H3. The van der Waals surface area contributed by atoms with E-state index in [1.807, 2.05) is 0 Å². The molecule has 2 aromatic rings. The normalized spacial score (nSPS) is 19.7. The van der Waals surface area contributed by atoms with Gasteiger partial charge < -0.3 is 0 Å². The first-order chi connectivity index (χ1) is 14.7. The van der Waals surface area contributed by atoms with Crippen molar-refractivity contribution in [3.63, 3.8) is 0 Å². The highest BCUT2D eigenvalue weighted by molar-refractivity contribution is 5.29. The van der Waals surface area contributed by atoms with Crippen LogP contribution in [0.3, 0.4) is 0 Å². The predicted octanol–water partition coefficient (Wildman–Crippen LogP) is 8.73. The van der Waals surface area contributed by atoms with Gasteiger partial charge in [-0.1, -0.05) is 63.4 Å². The molecule has 0 nitrogen and oxygen atoms in total. The highest BCUT2D eigenvalue weighted by Crippen LogP contribution is 2.38. The van der Waals surface area contributed by atoms with Crippen LogP contribution in [0.4, 0.5) is 17.6 Å². The average molecular weight is 435 g/mol. The van der Waals surface area contributed by atoms with Crippen LogP contribution in [0, 0.1) is 17.7 Å². The minimum absolute atomic E-state index is 0.524. The monoisotopic (exact) mass is 434 g/mol. The van der Waals surface area contributed by atoms with E-state index in [2.05, 4.69) is 38.1 Å². The molecular formula is C27H34F4. The molecule has 170 valence electrons. The van der Waals surface area contributed by atoms with Crippen LogP contribution in [0.25, 0.3) is 0 Å². The van der Waals surface area contributed by atoms with Gasteiger partial charge in [-0.2, -0.15) is 13.2 Å². The molecule has 0 spiro atoms. The molecule has 0 amide bonds. The largest absolute Gasteiger partial charge is 0.419 e. The van der Waals surface area contributed by atoms with Gasteiger partial charge in [-0.15, -0.1) is 0 Å². The Kier molecular flexibility index (Phi) is 8.18. The van der Waals surface area contributed by atoms with Crippen LogP contribution >= 0.6 is 0 Å². The molecule has 0 unspecified atom stereocenters. The number of rotatable bonds is 8. The summed E-state index contributed by atoms with van der Waals surface area (Å²) in [5.74, 6) is 1.13. The molecule has 0 bridgehead atoms. The molecule has 0 radical (unpaired) electrons. The van der Waals surface area contributed by atoms with E-state index in [4.69, 9.17) is 0 Å². The zero-order chi connectivity index (χ0) is 22.4. The number of hydrogen-bond donors (Lipinski definition) is 0. The van der Waals surface area contributed by atoms with Gasteiger partial charge in [0.2, 0.25) is 0 Å². The molecule has 4 heteroatoms. The number of hydrogen-bond acceptors (Lipinski definition) is 0. The zero-order valence-electron chi connectivity index (χ0n) is 18.6. The lowest BCUT2D eigenvalue weighted by Gasteiger charge is -2.29. The van der Waals surface area contributed by atoms with Gasteiger partial charge in [0.1, 0.15) is 5.82 Å². The van der Waals surface area contributed by atoms with Crippen LogP contribution in [0.5, 0.6) is 0 Å². The van der Waals surface area contributed by atoms with Crippen molar-refractivity contribution in [1.82, 2.24) is 0 Å². The summed E-state index contributed by atoms with van der Waals surface area (Å²) in [4.78, 5) is 0. The van der Waals surface area contributed by atoms with Crippen molar-refractivity contribution >= 4 is 0 Å². The van der Waals surface area contributed by atoms with E-state index in [0.717, 1.165) is 29.5 Å². The SMILES string of the molecule is CC(C)CCCC1CCC(c2ccc(CCc3ccc(C(F)(F)F)c(F)c3)cc2)CC1. The molecule has 1 saturated carbocycles. The highest BCUT2D eigenvalue weighted by atomic mass is 19.4. The maximum Gasteiger partial charge on any atom is 0.419 e. The van der Waals surface area contributed by atoms with E-state index in [1.165, 1.54) is 56.6 Å². The van der Waals surface area contributed by atoms with Gasteiger partial charge in [0.05, 0.1) is 5.56 Å². The topological polar surface area (TPSA) is 0 Å². The fraction of sp³-hybridized carbons (Fsp3) is 0.556. The highest BCUT2D eigenvalue weighted by Gasteiger charge is 2.33. The second kappa shape index (κ2) is 10.7. The van der Waals surface area contributed by atoms with Gasteiger partial charge in [0.25, 0.3) is 0 Å². The summed E-state index contributed by atoms with van der Waals surface area (Å²) in [5.41, 5.74) is 1.91. The molecule has 0 aromatic heterocycles. The Balaban J connectivity index is 1.47. The molecule has 31 heavy (non-hydrogen) atoms. The first-order valence-electron chi connectivity index (χ1n) is 11.7. The van der Waals surface area contributed by atoms with Crippen LogP contribution < -0.4 is 0 Å². The summed E-state index contributed by atoms with van der Waals surface area (Å²) < 4.78 is 51.8. The van der Waals surface area contributed by atoms with E-state index in [-0.39, 0.29) is 0 Å². The molecule has 1 aliphatic rings. The van der Waals surface area contributed by atoms with Crippen LogP contribution in [0.2, 0.25) is 0 Å². The molecule has 0 N–H and O–H groups in total. The molecule has 0 saturated heterocycles. The van der Waals surface area contributed by atoms with Crippen LogP contribution in [-0.4, -0.2) is 0 Å². The molecule has 1 aliphatic carbocycles. The second-order valence-corrected chi connectivity index (χ2v) is 9.60. The summed E-state index contributed by atoms with van der Waals surface area (Å²) >= 11 is 0. The molecule has 1 fully saturated rings. The average Bonchev–Trinajstić information content (AvgIpc) is 2.72.